The average molecular weight is 742 g/mol. The molecule has 0 heterocycles. The molecule has 0 fully saturated rings. The lowest BCUT2D eigenvalue weighted by Gasteiger charge is -2.24. The van der Waals surface area contributed by atoms with Gasteiger partial charge in [0.15, 0.2) is 0 Å². The van der Waals surface area contributed by atoms with Crippen molar-refractivity contribution in [3.63, 3.8) is 0 Å². The van der Waals surface area contributed by atoms with Crippen molar-refractivity contribution in [2.24, 2.45) is 0 Å². The van der Waals surface area contributed by atoms with E-state index in [-0.39, 0.29) is 0 Å². The third-order valence-corrected chi connectivity index (χ3v) is 8.35. The zero-order valence-corrected chi connectivity index (χ0v) is 28.9. The van der Waals surface area contributed by atoms with Gasteiger partial charge in [-0.05, 0) is 89.7 Å². The van der Waals surface area contributed by atoms with Gasteiger partial charge in [0.25, 0.3) is 0 Å². The van der Waals surface area contributed by atoms with Crippen LogP contribution in [0.5, 0.6) is 11.5 Å². The number of hydrogen-bond donors (Lipinski definition) is 0. The van der Waals surface area contributed by atoms with Crippen molar-refractivity contribution < 1.29 is 7.58 Å². The van der Waals surface area contributed by atoms with E-state index in [1.54, 1.807) is 0 Å². The molecule has 0 saturated heterocycles. The molecule has 4 nitrogen and oxygen atoms in total. The largest absolute Gasteiger partial charge is 0.642 e. The minimum absolute atomic E-state index is 0.855. The van der Waals surface area contributed by atoms with E-state index in [2.05, 4.69) is 135 Å². The van der Waals surface area contributed by atoms with Gasteiger partial charge in [-0.3, -0.25) is 0 Å². The SMILES string of the molecule is CN(CCCN(C)Cc1cc(Br)cc(Br)c1[O][Al]([CH3])[CH3])Cc1cc(Br)cc(Br)c1[O][Al]([CH3])[CH3]. The highest BCUT2D eigenvalue weighted by atomic mass is 79.9. The highest BCUT2D eigenvalue weighted by molar-refractivity contribution is 9.11. The molecule has 0 aliphatic carbocycles. The van der Waals surface area contributed by atoms with E-state index in [1.807, 2.05) is 0 Å². The molecule has 2 aromatic rings. The quantitative estimate of drug-likeness (QED) is 0.206. The van der Waals surface area contributed by atoms with E-state index in [0.717, 1.165) is 62.0 Å². The van der Waals surface area contributed by atoms with Gasteiger partial charge in [-0.2, -0.15) is 0 Å². The van der Waals surface area contributed by atoms with E-state index in [4.69, 9.17) is 7.58 Å². The van der Waals surface area contributed by atoms with Crippen LogP contribution in [0, 0.1) is 0 Å². The molecule has 33 heavy (non-hydrogen) atoms. The Kier molecular flexibility index (Phi) is 13.4. The molecule has 0 aliphatic heterocycles. The van der Waals surface area contributed by atoms with Crippen molar-refractivity contribution in [2.45, 2.75) is 42.7 Å². The summed E-state index contributed by atoms with van der Waals surface area (Å²) >= 11 is 12.2. The highest BCUT2D eigenvalue weighted by Gasteiger charge is 2.18. The van der Waals surface area contributed by atoms with E-state index < -0.39 is 29.0 Å². The first-order valence-corrected chi connectivity index (χ1v) is 19.9. The second kappa shape index (κ2) is 14.6. The molecule has 180 valence electrons. The molecule has 0 bridgehead atoms. The van der Waals surface area contributed by atoms with Crippen LogP contribution in [0.3, 0.4) is 0 Å². The third kappa shape index (κ3) is 10.4. The van der Waals surface area contributed by atoms with E-state index in [9.17, 15) is 0 Å². The Balaban J connectivity index is 1.95. The van der Waals surface area contributed by atoms with Crippen LogP contribution >= 0.6 is 63.7 Å². The Labute approximate surface area is 242 Å². The standard InChI is InChI=1S/C19H22Br4N2O2.4CH3.2Al/c1-24(10-12-6-14(20)8-16(22)18(12)26)4-3-5-25(2)11-13-7-15(21)9-17(23)19(13)27;;;;;;/h6-9,26-27H,3-5,10-11H2,1-2H3;4*1H3;;/q;;;;;2*+1/p-2. The Morgan fingerprint density at radius 3 is 1.36 bits per heavy atom. The zero-order chi connectivity index (χ0) is 24.7. The molecule has 0 unspecified atom stereocenters. The van der Waals surface area contributed by atoms with Crippen LogP contribution in [0.1, 0.15) is 17.5 Å². The predicted molar refractivity (Wildman–Crippen MR) is 157 cm³/mol. The van der Waals surface area contributed by atoms with E-state index in [1.165, 1.54) is 11.1 Å². The lowest BCUT2D eigenvalue weighted by molar-refractivity contribution is 0.268. The van der Waals surface area contributed by atoms with E-state index >= 15 is 0 Å². The van der Waals surface area contributed by atoms with Crippen molar-refractivity contribution in [1.82, 2.24) is 9.80 Å². The van der Waals surface area contributed by atoms with Crippen molar-refractivity contribution in [1.29, 1.82) is 0 Å². The lowest BCUT2D eigenvalue weighted by Crippen LogP contribution is -2.26. The van der Waals surface area contributed by atoms with Crippen molar-refractivity contribution in [2.75, 3.05) is 27.2 Å². The second-order valence-electron chi connectivity index (χ2n) is 8.91. The first kappa shape index (κ1) is 30.2. The Hall–Kier alpha value is 0.945. The number of benzene rings is 2. The maximum atomic E-state index is 6.22. The fourth-order valence-electron chi connectivity index (χ4n) is 3.55. The van der Waals surface area contributed by atoms with Crippen LogP contribution in [0.2, 0.25) is 23.1 Å². The minimum Gasteiger partial charge on any atom is -0.642 e. The minimum atomic E-state index is -1.19. The summed E-state index contributed by atoms with van der Waals surface area (Å²) in [5.74, 6) is 10.8. The summed E-state index contributed by atoms with van der Waals surface area (Å²) in [6, 6.07) is 8.46. The molecule has 0 atom stereocenters. The van der Waals surface area contributed by atoms with Gasteiger partial charge in [0.1, 0.15) is 0 Å². The van der Waals surface area contributed by atoms with Crippen molar-refractivity contribution in [3.8, 4) is 11.5 Å². The lowest BCUT2D eigenvalue weighted by atomic mass is 10.2. The molecule has 2 rings (SSSR count). The molecule has 0 aliphatic rings. The van der Waals surface area contributed by atoms with Crippen LogP contribution in [-0.4, -0.2) is 65.9 Å². The summed E-state index contributed by atoms with van der Waals surface area (Å²) in [6.07, 6.45) is 1.08. The monoisotopic (exact) mass is 738 g/mol. The van der Waals surface area contributed by atoms with Gasteiger partial charge in [-0.25, -0.2) is 0 Å². The number of nitrogens with zero attached hydrogens (tertiary/aromatic N) is 2. The van der Waals surface area contributed by atoms with Gasteiger partial charge >= 0.3 is 29.0 Å². The Morgan fingerprint density at radius 1 is 0.667 bits per heavy atom. The third-order valence-electron chi connectivity index (χ3n) is 4.84. The summed E-state index contributed by atoms with van der Waals surface area (Å²) in [7, 11) is 4.35. The molecule has 10 heteroatoms. The molecular formula is C23H32Al2Br4N2O2. The maximum absolute atomic E-state index is 6.22. The fourth-order valence-corrected chi connectivity index (χ4v) is 8.21. The summed E-state index contributed by atoms with van der Waals surface area (Å²) in [6.45, 7) is 3.73. The number of rotatable bonds is 12. The zero-order valence-electron chi connectivity index (χ0n) is 20.2. The first-order valence-electron chi connectivity index (χ1n) is 11.1. The smallest absolute Gasteiger partial charge is 0.540 e. The fraction of sp³-hybridized carbons (Fsp3) is 0.478. The molecule has 2 aromatic carbocycles. The van der Waals surface area contributed by atoms with E-state index in [0.29, 0.717) is 0 Å². The van der Waals surface area contributed by atoms with Gasteiger partial charge in [0, 0.05) is 33.2 Å². The van der Waals surface area contributed by atoms with Crippen LogP contribution in [0.25, 0.3) is 0 Å². The summed E-state index contributed by atoms with van der Waals surface area (Å²) < 4.78 is 16.6. The molecule has 0 aromatic heterocycles. The van der Waals surface area contributed by atoms with Gasteiger partial charge in [-0.1, -0.05) is 55.0 Å². The molecular weight excluding hydrogens is 710 g/mol. The molecule has 0 saturated carbocycles. The van der Waals surface area contributed by atoms with Gasteiger partial charge in [0.2, 0.25) is 0 Å². The van der Waals surface area contributed by atoms with Crippen molar-refractivity contribution in [3.05, 3.63) is 53.3 Å². The van der Waals surface area contributed by atoms with Gasteiger partial charge < -0.3 is 17.4 Å². The average Bonchev–Trinajstić information content (AvgIpc) is 2.66. The van der Waals surface area contributed by atoms with Crippen molar-refractivity contribution >= 4 is 92.7 Å². The summed E-state index contributed by atoms with van der Waals surface area (Å²) in [5.41, 5.74) is 2.43. The van der Waals surface area contributed by atoms with Crippen LogP contribution in [0.15, 0.2) is 42.2 Å². The maximum Gasteiger partial charge on any atom is 0.540 e. The topological polar surface area (TPSA) is 24.9 Å². The number of halogens is 4. The highest BCUT2D eigenvalue weighted by Crippen LogP contribution is 2.35. The van der Waals surface area contributed by atoms with Crippen LogP contribution in [-0.2, 0) is 13.1 Å². The van der Waals surface area contributed by atoms with Crippen LogP contribution in [0.4, 0.5) is 0 Å². The number of hydrogen-bond acceptors (Lipinski definition) is 4. The first-order chi connectivity index (χ1) is 15.5. The Bertz CT molecular complexity index is 858. The van der Waals surface area contributed by atoms with Gasteiger partial charge in [0.05, 0.1) is 20.4 Å². The van der Waals surface area contributed by atoms with Gasteiger partial charge in [-0.15, -0.1) is 0 Å². The molecule has 0 N–H and O–H groups in total. The summed E-state index contributed by atoms with van der Waals surface area (Å²) in [4.78, 5) is 4.73. The summed E-state index contributed by atoms with van der Waals surface area (Å²) in [5, 5.41) is 0. The predicted octanol–water partition coefficient (Wildman–Crippen LogP) is 7.95. The molecule has 0 radical (unpaired) electrons. The van der Waals surface area contributed by atoms with Crippen LogP contribution < -0.4 is 7.58 Å². The second-order valence-corrected chi connectivity index (χ2v) is 17.1. The normalized spacial score (nSPS) is 11.3. The molecule has 0 amide bonds. The Morgan fingerprint density at radius 2 is 1.03 bits per heavy atom. The molecule has 0 spiro atoms.